The van der Waals surface area contributed by atoms with Gasteiger partial charge in [0.1, 0.15) is 42.7 Å². The Labute approximate surface area is 213 Å². The number of nitrogens with one attached hydrogen (secondary N) is 1. The van der Waals surface area contributed by atoms with E-state index in [0.29, 0.717) is 0 Å². The molecule has 16 heteroatoms. The first kappa shape index (κ1) is 30.5. The van der Waals surface area contributed by atoms with Crippen LogP contribution in [0.2, 0.25) is 0 Å². The molecule has 2 heterocycles. The van der Waals surface area contributed by atoms with E-state index in [-0.39, 0.29) is 32.4 Å². The third-order valence-corrected chi connectivity index (χ3v) is 7.02. The normalized spacial score (nSPS) is 45.5. The Morgan fingerprint density at radius 2 is 1.65 bits per heavy atom. The van der Waals surface area contributed by atoms with Gasteiger partial charge in [-0.15, -0.1) is 0 Å². The van der Waals surface area contributed by atoms with Crippen LogP contribution in [0.25, 0.3) is 0 Å². The van der Waals surface area contributed by atoms with E-state index in [4.69, 9.17) is 41.9 Å². The van der Waals surface area contributed by atoms with Gasteiger partial charge < -0.3 is 77.8 Å². The molecule has 0 aromatic heterocycles. The Morgan fingerprint density at radius 1 is 0.973 bits per heavy atom. The molecule has 0 bridgehead atoms. The third kappa shape index (κ3) is 6.92. The van der Waals surface area contributed by atoms with E-state index >= 15 is 0 Å². The van der Waals surface area contributed by atoms with E-state index in [1.807, 2.05) is 0 Å². The van der Waals surface area contributed by atoms with Crippen molar-refractivity contribution in [3.8, 4) is 0 Å². The summed E-state index contributed by atoms with van der Waals surface area (Å²) in [7, 11) is 0. The van der Waals surface area contributed by atoms with E-state index in [9.17, 15) is 35.4 Å². The molecule has 3 fully saturated rings. The molecule has 2 aliphatic heterocycles. The Morgan fingerprint density at radius 3 is 2.24 bits per heavy atom. The topological polar surface area (TPSA) is 291 Å². The van der Waals surface area contributed by atoms with Crippen LogP contribution >= 0.6 is 0 Å². The molecule has 3 aliphatic rings. The molecule has 1 aliphatic carbocycles. The lowest BCUT2D eigenvalue weighted by atomic mass is 9.83. The van der Waals surface area contributed by atoms with Crippen molar-refractivity contribution < 1.29 is 54.4 Å². The van der Waals surface area contributed by atoms with Gasteiger partial charge in [-0.05, 0) is 19.4 Å². The van der Waals surface area contributed by atoms with Crippen LogP contribution in [0.15, 0.2) is 0 Å². The minimum atomic E-state index is -1.58. The number of carbonyl (C=O) groups excluding carboxylic acids is 1. The van der Waals surface area contributed by atoms with Crippen LogP contribution in [0.5, 0.6) is 0 Å². The molecule has 216 valence electrons. The van der Waals surface area contributed by atoms with Gasteiger partial charge in [-0.3, -0.25) is 4.79 Å². The molecule has 16 nitrogen and oxygen atoms in total. The minimum Gasteiger partial charge on any atom is -0.394 e. The molecule has 0 spiro atoms. The molecule has 1 amide bonds. The largest absolute Gasteiger partial charge is 0.394 e. The fourth-order valence-electron chi connectivity index (χ4n) is 4.79. The van der Waals surface area contributed by atoms with Crippen LogP contribution in [0.1, 0.15) is 19.3 Å². The van der Waals surface area contributed by atoms with Crippen molar-refractivity contribution in [1.29, 1.82) is 0 Å². The quantitative estimate of drug-likeness (QED) is 0.123. The second kappa shape index (κ2) is 13.3. The van der Waals surface area contributed by atoms with Crippen molar-refractivity contribution in [2.45, 2.75) is 105 Å². The molecule has 2 saturated heterocycles. The number of hydrogen-bond acceptors (Lipinski definition) is 15. The first-order valence-corrected chi connectivity index (χ1v) is 12.4. The van der Waals surface area contributed by atoms with Crippen LogP contribution in [-0.2, 0) is 23.7 Å². The molecular weight excluding hydrogens is 498 g/mol. The van der Waals surface area contributed by atoms with Crippen molar-refractivity contribution in [1.82, 2.24) is 5.32 Å². The molecule has 15 N–H and O–H groups in total. The number of nitrogens with two attached hydrogens (primary N) is 4. The lowest BCUT2D eigenvalue weighted by Gasteiger charge is -2.47. The van der Waals surface area contributed by atoms with Gasteiger partial charge in [0.15, 0.2) is 12.6 Å². The Kier molecular flexibility index (Phi) is 11.0. The highest BCUT2D eigenvalue weighted by Crippen LogP contribution is 2.32. The summed E-state index contributed by atoms with van der Waals surface area (Å²) in [4.78, 5) is 12.4. The second-order valence-electron chi connectivity index (χ2n) is 9.75. The molecule has 0 aromatic carbocycles. The van der Waals surface area contributed by atoms with Crippen molar-refractivity contribution >= 4 is 5.91 Å². The summed E-state index contributed by atoms with van der Waals surface area (Å²) in [5.74, 6) is -0.778. The average molecular weight is 540 g/mol. The monoisotopic (exact) mass is 539 g/mol. The Bertz CT molecular complexity index is 741. The first-order chi connectivity index (χ1) is 17.5. The predicted molar refractivity (Wildman–Crippen MR) is 124 cm³/mol. The van der Waals surface area contributed by atoms with Crippen LogP contribution in [0.3, 0.4) is 0 Å². The summed E-state index contributed by atoms with van der Waals surface area (Å²) in [6.07, 6.45) is -13.7. The summed E-state index contributed by atoms with van der Waals surface area (Å²) < 4.78 is 23.0. The summed E-state index contributed by atoms with van der Waals surface area (Å²) in [5.41, 5.74) is 23.5. The Balaban J connectivity index is 1.82. The summed E-state index contributed by atoms with van der Waals surface area (Å²) in [5, 5.41) is 63.8. The van der Waals surface area contributed by atoms with E-state index in [2.05, 4.69) is 5.32 Å². The van der Waals surface area contributed by atoms with Crippen LogP contribution in [0, 0.1) is 0 Å². The number of aliphatic hydroxyl groups excluding tert-OH is 6. The zero-order valence-electron chi connectivity index (χ0n) is 20.4. The van der Waals surface area contributed by atoms with Gasteiger partial charge in [0, 0.05) is 19.0 Å². The molecular formula is C21H41N5O11. The number of ether oxygens (including phenoxy) is 4. The zero-order chi connectivity index (χ0) is 27.4. The highest BCUT2D eigenvalue weighted by molar-refractivity contribution is 5.80. The van der Waals surface area contributed by atoms with Crippen molar-refractivity contribution in [2.75, 3.05) is 19.7 Å². The van der Waals surface area contributed by atoms with Crippen LogP contribution < -0.4 is 28.3 Å². The fourth-order valence-corrected chi connectivity index (χ4v) is 4.79. The average Bonchev–Trinajstić information content (AvgIpc) is 3.14. The van der Waals surface area contributed by atoms with Gasteiger partial charge in [0.25, 0.3) is 0 Å². The van der Waals surface area contributed by atoms with Crippen LogP contribution in [0.4, 0.5) is 0 Å². The number of amides is 1. The number of rotatable bonds is 10. The van der Waals surface area contributed by atoms with E-state index < -0.39 is 98.2 Å². The Hall–Kier alpha value is -1.09. The predicted octanol–water partition coefficient (Wildman–Crippen LogP) is -6.76. The SMILES string of the molecule is NCCC(O)C(=O)NC1CC(N)C(OC2OC(CN)CC(O)C2N)C(OC2OC(CO)C(O)C2O)C1O. The standard InChI is InChI=1S/C21H41N5O11/c22-2-1-10(28)19(33)26-9-4-8(24)17(36-20-13(25)11(29)3-7(5-23)34-20)18(14(9)30)37-21-16(32)15(31)12(6-27)35-21/h7-18,20-21,27-32H,1-6,22-25H2,(H,26,33). The molecule has 1 saturated carbocycles. The maximum Gasteiger partial charge on any atom is 0.249 e. The van der Waals surface area contributed by atoms with Crippen molar-refractivity contribution in [2.24, 2.45) is 22.9 Å². The van der Waals surface area contributed by atoms with E-state index in [1.165, 1.54) is 0 Å². The number of aliphatic hydroxyl groups is 6. The minimum absolute atomic E-state index is 0.00352. The highest BCUT2D eigenvalue weighted by atomic mass is 16.7. The molecule has 3 rings (SSSR count). The van der Waals surface area contributed by atoms with Gasteiger partial charge in [-0.25, -0.2) is 0 Å². The summed E-state index contributed by atoms with van der Waals surface area (Å²) in [6, 6.07) is -2.90. The zero-order valence-corrected chi connectivity index (χ0v) is 20.4. The second-order valence-corrected chi connectivity index (χ2v) is 9.75. The lowest BCUT2D eigenvalue weighted by Crippen LogP contribution is -2.67. The summed E-state index contributed by atoms with van der Waals surface area (Å²) >= 11 is 0. The maximum atomic E-state index is 12.4. The van der Waals surface area contributed by atoms with Crippen molar-refractivity contribution in [3.05, 3.63) is 0 Å². The van der Waals surface area contributed by atoms with E-state index in [0.717, 1.165) is 0 Å². The van der Waals surface area contributed by atoms with Crippen molar-refractivity contribution in [3.63, 3.8) is 0 Å². The summed E-state index contributed by atoms with van der Waals surface area (Å²) in [6.45, 7) is -0.457. The molecule has 0 aromatic rings. The van der Waals surface area contributed by atoms with Crippen LogP contribution in [-0.4, -0.2) is 142 Å². The molecule has 14 atom stereocenters. The van der Waals surface area contributed by atoms with E-state index in [1.54, 1.807) is 0 Å². The molecule has 14 unspecified atom stereocenters. The van der Waals surface area contributed by atoms with Gasteiger partial charge >= 0.3 is 0 Å². The third-order valence-electron chi connectivity index (χ3n) is 7.02. The fraction of sp³-hybridized carbons (Fsp3) is 0.952. The van der Waals surface area contributed by atoms with Gasteiger partial charge in [-0.2, -0.15) is 0 Å². The highest BCUT2D eigenvalue weighted by Gasteiger charge is 2.52. The first-order valence-electron chi connectivity index (χ1n) is 12.4. The lowest BCUT2D eigenvalue weighted by molar-refractivity contribution is -0.294. The number of hydrogen-bond donors (Lipinski definition) is 11. The molecule has 0 radical (unpaired) electrons. The number of carbonyl (C=O) groups is 1. The smallest absolute Gasteiger partial charge is 0.249 e. The van der Waals surface area contributed by atoms with Gasteiger partial charge in [0.2, 0.25) is 5.91 Å². The van der Waals surface area contributed by atoms with Gasteiger partial charge in [-0.1, -0.05) is 0 Å². The van der Waals surface area contributed by atoms with Gasteiger partial charge in [0.05, 0.1) is 30.9 Å². The molecule has 37 heavy (non-hydrogen) atoms. The maximum absolute atomic E-state index is 12.4.